The zero-order valence-electron chi connectivity index (χ0n) is 10.6. The van der Waals surface area contributed by atoms with Gasteiger partial charge in [-0.1, -0.05) is 11.6 Å². The molecule has 20 heavy (non-hydrogen) atoms. The lowest BCUT2D eigenvalue weighted by Gasteiger charge is -2.09. The number of halogens is 2. The van der Waals surface area contributed by atoms with Crippen molar-refractivity contribution in [2.45, 2.75) is 0 Å². The Balaban J connectivity index is 2.30. The molecule has 0 radical (unpaired) electrons. The first-order valence-electron chi connectivity index (χ1n) is 5.87. The number of nitrogens with zero attached hydrogens (tertiary/aromatic N) is 2. The maximum atomic E-state index is 13.4. The fourth-order valence-corrected chi connectivity index (χ4v) is 2.32. The molecule has 4 nitrogen and oxygen atoms in total. The molecule has 102 valence electrons. The molecule has 3 rings (SSSR count). The third kappa shape index (κ3) is 1.96. The third-order valence-corrected chi connectivity index (χ3v) is 3.36. The Labute approximate surface area is 119 Å². The highest BCUT2D eigenvalue weighted by Crippen LogP contribution is 2.30. The topological polar surface area (TPSA) is 53.1 Å². The average molecular weight is 292 g/mol. The zero-order valence-corrected chi connectivity index (χ0v) is 11.4. The highest BCUT2D eigenvalue weighted by Gasteiger charge is 2.14. The molecule has 0 aliphatic rings. The van der Waals surface area contributed by atoms with Gasteiger partial charge in [-0.2, -0.15) is 0 Å². The maximum Gasteiger partial charge on any atom is 0.205 e. The van der Waals surface area contributed by atoms with Crippen LogP contribution in [-0.4, -0.2) is 16.7 Å². The SMILES string of the molecule is COc1ccc2c(c1)nc(N)n2-c1cc(F)ccc1Cl. The summed E-state index contributed by atoms with van der Waals surface area (Å²) in [5.41, 5.74) is 7.77. The number of hydrogen-bond acceptors (Lipinski definition) is 3. The standard InChI is InChI=1S/C14H11ClFN3O/c1-20-9-3-5-12-11(7-9)18-14(17)19(12)13-6-8(16)2-4-10(13)15/h2-7H,1H3,(H2,17,18). The Bertz CT molecular complexity index is 800. The molecule has 6 heteroatoms. The second-order valence-corrected chi connectivity index (χ2v) is 4.66. The molecule has 1 aromatic heterocycles. The van der Waals surface area contributed by atoms with Crippen LogP contribution in [0.3, 0.4) is 0 Å². The second-order valence-electron chi connectivity index (χ2n) is 4.26. The number of hydrogen-bond donors (Lipinski definition) is 1. The molecule has 3 aromatic rings. The first kappa shape index (κ1) is 12.7. The lowest BCUT2D eigenvalue weighted by molar-refractivity contribution is 0.415. The van der Waals surface area contributed by atoms with Gasteiger partial charge < -0.3 is 10.5 Å². The molecule has 2 N–H and O–H groups in total. The van der Waals surface area contributed by atoms with E-state index in [0.29, 0.717) is 22.0 Å². The van der Waals surface area contributed by atoms with Crippen LogP contribution in [0.4, 0.5) is 10.3 Å². The van der Waals surface area contributed by atoms with Gasteiger partial charge in [0.15, 0.2) is 0 Å². The first-order chi connectivity index (χ1) is 9.60. The van der Waals surface area contributed by atoms with Crippen molar-refractivity contribution < 1.29 is 9.13 Å². The Morgan fingerprint density at radius 3 is 2.80 bits per heavy atom. The number of methoxy groups -OCH3 is 1. The number of benzene rings is 2. The van der Waals surface area contributed by atoms with E-state index in [4.69, 9.17) is 22.1 Å². The lowest BCUT2D eigenvalue weighted by atomic mass is 10.2. The van der Waals surface area contributed by atoms with Gasteiger partial charge in [-0.05, 0) is 30.3 Å². The monoisotopic (exact) mass is 291 g/mol. The summed E-state index contributed by atoms with van der Waals surface area (Å²) in [5.74, 6) is 0.521. The molecule has 0 aliphatic carbocycles. The van der Waals surface area contributed by atoms with Crippen LogP contribution in [0.15, 0.2) is 36.4 Å². The highest BCUT2D eigenvalue weighted by molar-refractivity contribution is 6.32. The summed E-state index contributed by atoms with van der Waals surface area (Å²) in [7, 11) is 1.57. The van der Waals surface area contributed by atoms with Crippen LogP contribution in [0.2, 0.25) is 5.02 Å². The molecule has 0 bridgehead atoms. The van der Waals surface area contributed by atoms with E-state index in [-0.39, 0.29) is 11.8 Å². The summed E-state index contributed by atoms with van der Waals surface area (Å²) >= 11 is 6.12. The number of nitrogen functional groups attached to an aromatic ring is 1. The van der Waals surface area contributed by atoms with Crippen LogP contribution in [0, 0.1) is 5.82 Å². The zero-order chi connectivity index (χ0) is 14.3. The van der Waals surface area contributed by atoms with E-state index in [0.717, 1.165) is 5.52 Å². The summed E-state index contributed by atoms with van der Waals surface area (Å²) in [6, 6.07) is 9.45. The quantitative estimate of drug-likeness (QED) is 0.787. The highest BCUT2D eigenvalue weighted by atomic mass is 35.5. The number of fused-ring (bicyclic) bond motifs is 1. The van der Waals surface area contributed by atoms with Crippen LogP contribution >= 0.6 is 11.6 Å². The van der Waals surface area contributed by atoms with Crippen molar-refractivity contribution >= 4 is 28.6 Å². The van der Waals surface area contributed by atoms with Gasteiger partial charge in [0, 0.05) is 6.07 Å². The minimum atomic E-state index is -0.390. The predicted octanol–water partition coefficient (Wildman–Crippen LogP) is 3.41. The van der Waals surface area contributed by atoms with Crippen LogP contribution in [-0.2, 0) is 0 Å². The fourth-order valence-electron chi connectivity index (χ4n) is 2.12. The molecule has 0 aliphatic heterocycles. The van der Waals surface area contributed by atoms with E-state index in [1.165, 1.54) is 18.2 Å². The van der Waals surface area contributed by atoms with Crippen LogP contribution in [0.1, 0.15) is 0 Å². The minimum absolute atomic E-state index is 0.237. The summed E-state index contributed by atoms with van der Waals surface area (Å²) in [5, 5.41) is 0.396. The molecule has 0 spiro atoms. The van der Waals surface area contributed by atoms with Gasteiger partial charge in [-0.3, -0.25) is 4.57 Å². The van der Waals surface area contributed by atoms with Gasteiger partial charge in [0.05, 0.1) is 28.9 Å². The van der Waals surface area contributed by atoms with E-state index in [1.807, 2.05) is 0 Å². The summed E-state index contributed by atoms with van der Waals surface area (Å²) in [6.45, 7) is 0. The second kappa shape index (κ2) is 4.68. The molecule has 1 heterocycles. The molecule has 0 amide bonds. The number of nitrogens with two attached hydrogens (primary N) is 1. The molecule has 0 unspecified atom stereocenters. The van der Waals surface area contributed by atoms with Gasteiger partial charge in [-0.15, -0.1) is 0 Å². The Kier molecular flexibility index (Phi) is 2.99. The Morgan fingerprint density at radius 2 is 2.05 bits per heavy atom. The number of ether oxygens (including phenoxy) is 1. The maximum absolute atomic E-state index is 13.4. The van der Waals surface area contributed by atoms with E-state index in [9.17, 15) is 4.39 Å². The number of rotatable bonds is 2. The number of aromatic nitrogens is 2. The molecule has 2 aromatic carbocycles. The van der Waals surface area contributed by atoms with Crippen molar-refractivity contribution in [2.24, 2.45) is 0 Å². The Hall–Kier alpha value is -2.27. The average Bonchev–Trinajstić information content (AvgIpc) is 2.76. The lowest BCUT2D eigenvalue weighted by Crippen LogP contribution is -2.01. The first-order valence-corrected chi connectivity index (χ1v) is 6.25. The minimum Gasteiger partial charge on any atom is -0.497 e. The fraction of sp³-hybridized carbons (Fsp3) is 0.0714. The molecular weight excluding hydrogens is 281 g/mol. The number of anilines is 1. The van der Waals surface area contributed by atoms with Gasteiger partial charge in [0.2, 0.25) is 5.95 Å². The van der Waals surface area contributed by atoms with Gasteiger partial charge in [0.25, 0.3) is 0 Å². The van der Waals surface area contributed by atoms with Gasteiger partial charge in [0.1, 0.15) is 11.6 Å². The number of imidazole rings is 1. The van der Waals surface area contributed by atoms with Crippen molar-refractivity contribution in [1.29, 1.82) is 0 Å². The molecular formula is C14H11ClFN3O. The van der Waals surface area contributed by atoms with Crippen LogP contribution in [0.5, 0.6) is 5.75 Å². The summed E-state index contributed by atoms with van der Waals surface area (Å²) in [4.78, 5) is 4.25. The van der Waals surface area contributed by atoms with Crippen molar-refractivity contribution in [3.05, 3.63) is 47.2 Å². The molecule has 0 saturated heterocycles. The van der Waals surface area contributed by atoms with Gasteiger partial charge >= 0.3 is 0 Å². The summed E-state index contributed by atoms with van der Waals surface area (Å²) in [6.07, 6.45) is 0. The Morgan fingerprint density at radius 1 is 1.25 bits per heavy atom. The largest absolute Gasteiger partial charge is 0.497 e. The van der Waals surface area contributed by atoms with Crippen molar-refractivity contribution in [3.8, 4) is 11.4 Å². The van der Waals surface area contributed by atoms with Crippen molar-refractivity contribution in [2.75, 3.05) is 12.8 Å². The van der Waals surface area contributed by atoms with E-state index in [1.54, 1.807) is 29.9 Å². The van der Waals surface area contributed by atoms with Crippen LogP contribution < -0.4 is 10.5 Å². The van der Waals surface area contributed by atoms with E-state index in [2.05, 4.69) is 4.98 Å². The molecule has 0 saturated carbocycles. The van der Waals surface area contributed by atoms with Crippen LogP contribution in [0.25, 0.3) is 16.7 Å². The van der Waals surface area contributed by atoms with Gasteiger partial charge in [-0.25, -0.2) is 9.37 Å². The van der Waals surface area contributed by atoms with Crippen molar-refractivity contribution in [1.82, 2.24) is 9.55 Å². The predicted molar refractivity (Wildman–Crippen MR) is 77.0 cm³/mol. The van der Waals surface area contributed by atoms with E-state index < -0.39 is 0 Å². The van der Waals surface area contributed by atoms with E-state index >= 15 is 0 Å². The molecule has 0 atom stereocenters. The normalized spacial score (nSPS) is 10.9. The summed E-state index contributed by atoms with van der Waals surface area (Å²) < 4.78 is 20.2. The third-order valence-electron chi connectivity index (χ3n) is 3.04. The smallest absolute Gasteiger partial charge is 0.205 e. The van der Waals surface area contributed by atoms with Crippen molar-refractivity contribution in [3.63, 3.8) is 0 Å². The molecule has 0 fully saturated rings.